The summed E-state index contributed by atoms with van der Waals surface area (Å²) in [5.41, 5.74) is 7.08. The normalized spacial score (nSPS) is 11.8. The Kier molecular flexibility index (Phi) is 5.62. The summed E-state index contributed by atoms with van der Waals surface area (Å²) in [5.74, 6) is -0.194. The molecule has 128 valence electrons. The van der Waals surface area contributed by atoms with E-state index in [-0.39, 0.29) is 12.0 Å². The van der Waals surface area contributed by atoms with E-state index in [0.29, 0.717) is 21.9 Å². The van der Waals surface area contributed by atoms with Crippen molar-refractivity contribution in [2.45, 2.75) is 40.2 Å². The zero-order valence-electron chi connectivity index (χ0n) is 14.3. The molecule has 0 aliphatic rings. The molecule has 0 bridgehead atoms. The molecule has 0 fully saturated rings. The molecule has 0 saturated carbocycles. The van der Waals surface area contributed by atoms with Crippen LogP contribution in [0, 0.1) is 13.8 Å². The zero-order chi connectivity index (χ0) is 17.9. The van der Waals surface area contributed by atoms with Crippen LogP contribution in [0.15, 0.2) is 24.3 Å². The Morgan fingerprint density at radius 1 is 1.33 bits per heavy atom. The molecule has 1 heterocycles. The van der Waals surface area contributed by atoms with Gasteiger partial charge in [0, 0.05) is 10.4 Å². The zero-order valence-corrected chi connectivity index (χ0v) is 15.1. The second-order valence-corrected chi connectivity index (χ2v) is 6.90. The van der Waals surface area contributed by atoms with E-state index in [1.807, 2.05) is 33.8 Å². The largest absolute Gasteiger partial charge is 0.491 e. The maximum atomic E-state index is 12.5. The summed E-state index contributed by atoms with van der Waals surface area (Å²) in [6, 6.07) is 6.98. The van der Waals surface area contributed by atoms with E-state index in [9.17, 15) is 9.59 Å². The van der Waals surface area contributed by atoms with E-state index in [1.54, 1.807) is 18.2 Å². The molecule has 2 aromatic rings. The fourth-order valence-corrected chi connectivity index (χ4v) is 3.27. The molecule has 0 saturated heterocycles. The molecular weight excluding hydrogens is 324 g/mol. The average Bonchev–Trinajstić information content (AvgIpc) is 2.81. The molecule has 1 atom stereocenters. The van der Waals surface area contributed by atoms with Gasteiger partial charge in [-0.3, -0.25) is 9.59 Å². The quantitative estimate of drug-likeness (QED) is 0.832. The number of ether oxygens (including phenoxy) is 1. The standard InChI is InChI=1S/C18H22N2O3S/c1-5-10(2)23-14-8-6-7-13(9-14)17(22)20-18-15(16(19)21)11(3)12(4)24-18/h6-10H,5H2,1-4H3,(H2,19,21)(H,20,22). The number of nitrogens with two attached hydrogens (primary N) is 1. The molecule has 2 amide bonds. The fourth-order valence-electron chi connectivity index (χ4n) is 2.21. The molecule has 2 rings (SSSR count). The van der Waals surface area contributed by atoms with E-state index in [4.69, 9.17) is 10.5 Å². The van der Waals surface area contributed by atoms with Crippen molar-refractivity contribution in [3.05, 3.63) is 45.8 Å². The minimum Gasteiger partial charge on any atom is -0.491 e. The first-order valence-corrected chi connectivity index (χ1v) is 8.63. The van der Waals surface area contributed by atoms with Gasteiger partial charge in [0.25, 0.3) is 11.8 Å². The van der Waals surface area contributed by atoms with Crippen molar-refractivity contribution in [1.82, 2.24) is 0 Å². The summed E-state index contributed by atoms with van der Waals surface area (Å²) in [6.45, 7) is 7.72. The van der Waals surface area contributed by atoms with Crippen LogP contribution in [-0.2, 0) is 0 Å². The van der Waals surface area contributed by atoms with Crippen molar-refractivity contribution in [2.75, 3.05) is 5.32 Å². The molecule has 24 heavy (non-hydrogen) atoms. The molecule has 0 aliphatic carbocycles. The van der Waals surface area contributed by atoms with E-state index >= 15 is 0 Å². The lowest BCUT2D eigenvalue weighted by Crippen LogP contribution is -2.17. The van der Waals surface area contributed by atoms with Gasteiger partial charge in [0.15, 0.2) is 0 Å². The molecule has 3 N–H and O–H groups in total. The van der Waals surface area contributed by atoms with E-state index in [2.05, 4.69) is 5.32 Å². The van der Waals surface area contributed by atoms with Gasteiger partial charge in [-0.1, -0.05) is 13.0 Å². The van der Waals surface area contributed by atoms with E-state index < -0.39 is 5.91 Å². The molecule has 0 spiro atoms. The predicted octanol–water partition coefficient (Wildman–Crippen LogP) is 3.89. The van der Waals surface area contributed by atoms with Crippen molar-refractivity contribution in [2.24, 2.45) is 5.73 Å². The monoisotopic (exact) mass is 346 g/mol. The number of hydrogen-bond donors (Lipinski definition) is 2. The molecule has 1 unspecified atom stereocenters. The molecule has 1 aromatic heterocycles. The third-order valence-corrected chi connectivity index (χ3v) is 4.99. The van der Waals surface area contributed by atoms with Gasteiger partial charge < -0.3 is 15.8 Å². The number of benzene rings is 1. The van der Waals surface area contributed by atoms with Crippen molar-refractivity contribution in [1.29, 1.82) is 0 Å². The first-order valence-electron chi connectivity index (χ1n) is 7.81. The summed E-state index contributed by atoms with van der Waals surface area (Å²) >= 11 is 1.35. The SMILES string of the molecule is CCC(C)Oc1cccc(C(=O)Nc2sc(C)c(C)c2C(N)=O)c1. The Bertz CT molecular complexity index is 768. The van der Waals surface area contributed by atoms with Crippen LogP contribution in [0.4, 0.5) is 5.00 Å². The Morgan fingerprint density at radius 3 is 2.67 bits per heavy atom. The average molecular weight is 346 g/mol. The van der Waals surface area contributed by atoms with Gasteiger partial charge in [-0.05, 0) is 51.0 Å². The smallest absolute Gasteiger partial charge is 0.256 e. The van der Waals surface area contributed by atoms with Gasteiger partial charge in [0.05, 0.1) is 11.7 Å². The minimum atomic E-state index is -0.541. The Balaban J connectivity index is 2.23. The highest BCUT2D eigenvalue weighted by Crippen LogP contribution is 2.32. The van der Waals surface area contributed by atoms with Crippen LogP contribution in [0.5, 0.6) is 5.75 Å². The van der Waals surface area contributed by atoms with Crippen LogP contribution < -0.4 is 15.8 Å². The highest BCUT2D eigenvalue weighted by atomic mass is 32.1. The van der Waals surface area contributed by atoms with Gasteiger partial charge in [-0.15, -0.1) is 11.3 Å². The van der Waals surface area contributed by atoms with E-state index in [0.717, 1.165) is 16.9 Å². The molecule has 0 radical (unpaired) electrons. The lowest BCUT2D eigenvalue weighted by Gasteiger charge is -2.13. The maximum Gasteiger partial charge on any atom is 0.256 e. The second-order valence-electron chi connectivity index (χ2n) is 5.67. The third kappa shape index (κ3) is 3.94. The van der Waals surface area contributed by atoms with Crippen LogP contribution in [0.3, 0.4) is 0 Å². The maximum absolute atomic E-state index is 12.5. The number of hydrogen-bond acceptors (Lipinski definition) is 4. The van der Waals surface area contributed by atoms with Crippen LogP contribution in [0.1, 0.15) is 51.4 Å². The number of carbonyl (C=O) groups is 2. The summed E-state index contributed by atoms with van der Waals surface area (Å²) in [6.07, 6.45) is 0.957. The molecule has 0 aliphatic heterocycles. The van der Waals surface area contributed by atoms with Gasteiger partial charge in [-0.25, -0.2) is 0 Å². The Morgan fingerprint density at radius 2 is 2.04 bits per heavy atom. The Hall–Kier alpha value is -2.34. The number of aryl methyl sites for hydroxylation is 1. The summed E-state index contributed by atoms with van der Waals surface area (Å²) in [7, 11) is 0. The predicted molar refractivity (Wildman–Crippen MR) is 97.1 cm³/mol. The lowest BCUT2D eigenvalue weighted by molar-refractivity contribution is 0.100. The van der Waals surface area contributed by atoms with Crippen molar-refractivity contribution in [3.63, 3.8) is 0 Å². The van der Waals surface area contributed by atoms with Crippen LogP contribution >= 0.6 is 11.3 Å². The summed E-state index contributed by atoms with van der Waals surface area (Å²) < 4.78 is 5.74. The number of thiophene rings is 1. The van der Waals surface area contributed by atoms with Gasteiger partial charge in [0.2, 0.25) is 0 Å². The van der Waals surface area contributed by atoms with Crippen molar-refractivity contribution < 1.29 is 14.3 Å². The Labute approximate surface area is 145 Å². The second kappa shape index (κ2) is 7.49. The molecular formula is C18H22N2O3S. The summed E-state index contributed by atoms with van der Waals surface area (Å²) in [4.78, 5) is 25.1. The third-order valence-electron chi connectivity index (χ3n) is 3.87. The topological polar surface area (TPSA) is 81.4 Å². The van der Waals surface area contributed by atoms with Gasteiger partial charge >= 0.3 is 0 Å². The number of carbonyl (C=O) groups excluding carboxylic acids is 2. The molecule has 5 nitrogen and oxygen atoms in total. The molecule has 1 aromatic carbocycles. The number of nitrogens with one attached hydrogen (secondary N) is 1. The van der Waals surface area contributed by atoms with Crippen LogP contribution in [0.2, 0.25) is 0 Å². The summed E-state index contributed by atoms with van der Waals surface area (Å²) in [5, 5.41) is 3.27. The van der Waals surface area contributed by atoms with E-state index in [1.165, 1.54) is 11.3 Å². The first kappa shape index (κ1) is 18.0. The lowest BCUT2D eigenvalue weighted by atomic mass is 10.1. The highest BCUT2D eigenvalue weighted by Gasteiger charge is 2.19. The molecule has 6 heteroatoms. The number of rotatable bonds is 6. The van der Waals surface area contributed by atoms with Gasteiger partial charge in [0.1, 0.15) is 10.8 Å². The van der Waals surface area contributed by atoms with Crippen molar-refractivity contribution in [3.8, 4) is 5.75 Å². The number of primary amides is 1. The minimum absolute atomic E-state index is 0.0763. The van der Waals surface area contributed by atoms with Crippen LogP contribution in [-0.4, -0.2) is 17.9 Å². The first-order chi connectivity index (χ1) is 11.3. The fraction of sp³-hybridized carbons (Fsp3) is 0.333. The van der Waals surface area contributed by atoms with Gasteiger partial charge in [-0.2, -0.15) is 0 Å². The number of anilines is 1. The number of amides is 2. The highest BCUT2D eigenvalue weighted by molar-refractivity contribution is 7.16. The van der Waals surface area contributed by atoms with Crippen LogP contribution in [0.25, 0.3) is 0 Å². The van der Waals surface area contributed by atoms with Crippen molar-refractivity contribution >= 4 is 28.2 Å².